The van der Waals surface area contributed by atoms with E-state index >= 15 is 0 Å². The van der Waals surface area contributed by atoms with Crippen molar-refractivity contribution in [3.05, 3.63) is 17.6 Å². The van der Waals surface area contributed by atoms with E-state index in [1.165, 1.54) is 0 Å². The van der Waals surface area contributed by atoms with Crippen molar-refractivity contribution in [2.75, 3.05) is 4.90 Å². The number of carbonyl (C=O) groups excluding carboxylic acids is 1. The third kappa shape index (κ3) is 1.03. The van der Waals surface area contributed by atoms with Crippen molar-refractivity contribution in [2.45, 2.75) is 26.3 Å². The van der Waals surface area contributed by atoms with Gasteiger partial charge in [0.25, 0.3) is 5.91 Å². The molecule has 0 aromatic carbocycles. The first kappa shape index (κ1) is 8.52. The molecule has 78 valence electrons. The van der Waals surface area contributed by atoms with Crippen LogP contribution in [0.2, 0.25) is 0 Å². The fraction of sp³-hybridized carbons (Fsp3) is 0.400. The van der Waals surface area contributed by atoms with Gasteiger partial charge in [-0.2, -0.15) is 5.10 Å². The number of furan rings is 1. The fourth-order valence-corrected chi connectivity index (χ4v) is 2.21. The van der Waals surface area contributed by atoms with Gasteiger partial charge in [-0.3, -0.25) is 4.79 Å². The second-order valence-electron chi connectivity index (χ2n) is 3.89. The van der Waals surface area contributed by atoms with Gasteiger partial charge >= 0.3 is 0 Å². The highest BCUT2D eigenvalue weighted by Gasteiger charge is 2.40. The molecule has 0 aliphatic carbocycles. The maximum absolute atomic E-state index is 11.6. The molecule has 5 heteroatoms. The van der Waals surface area contributed by atoms with Crippen molar-refractivity contribution in [3.8, 4) is 0 Å². The molecule has 0 spiro atoms. The second-order valence-corrected chi connectivity index (χ2v) is 3.89. The van der Waals surface area contributed by atoms with Crippen molar-refractivity contribution in [2.24, 2.45) is 5.10 Å². The van der Waals surface area contributed by atoms with Gasteiger partial charge in [-0.05, 0) is 13.8 Å². The van der Waals surface area contributed by atoms with Crippen LogP contribution in [0, 0.1) is 6.92 Å². The van der Waals surface area contributed by atoms with Crippen LogP contribution in [0.5, 0.6) is 0 Å². The molecule has 15 heavy (non-hydrogen) atoms. The SMILES string of the molecule is CC1=NNC(=O)C2Cc3oc(C)cc3N12. The number of hydrazone groups is 1. The smallest absolute Gasteiger partial charge is 0.263 e. The summed E-state index contributed by atoms with van der Waals surface area (Å²) in [5, 5.41) is 3.96. The molecule has 1 N–H and O–H groups in total. The lowest BCUT2D eigenvalue weighted by Gasteiger charge is -2.28. The van der Waals surface area contributed by atoms with Crippen LogP contribution in [0.1, 0.15) is 18.4 Å². The maximum Gasteiger partial charge on any atom is 0.263 e. The van der Waals surface area contributed by atoms with Crippen molar-refractivity contribution < 1.29 is 9.21 Å². The number of aryl methyl sites for hydroxylation is 1. The van der Waals surface area contributed by atoms with Crippen molar-refractivity contribution >= 4 is 17.4 Å². The molecule has 0 bridgehead atoms. The normalized spacial score (nSPS) is 23.3. The van der Waals surface area contributed by atoms with Crippen LogP contribution in [0.3, 0.4) is 0 Å². The van der Waals surface area contributed by atoms with E-state index in [1.54, 1.807) is 0 Å². The number of nitrogens with one attached hydrogen (secondary N) is 1. The van der Waals surface area contributed by atoms with Crippen LogP contribution >= 0.6 is 0 Å². The van der Waals surface area contributed by atoms with E-state index in [9.17, 15) is 4.79 Å². The van der Waals surface area contributed by atoms with E-state index in [2.05, 4.69) is 10.5 Å². The first-order valence-electron chi connectivity index (χ1n) is 4.89. The van der Waals surface area contributed by atoms with Crippen LogP contribution < -0.4 is 10.3 Å². The number of nitrogens with zero attached hydrogens (tertiary/aromatic N) is 2. The van der Waals surface area contributed by atoms with Gasteiger partial charge in [0.1, 0.15) is 23.4 Å². The molecule has 1 aromatic rings. The second kappa shape index (κ2) is 2.62. The Balaban J connectivity index is 2.12. The Morgan fingerprint density at radius 1 is 1.60 bits per heavy atom. The number of amidine groups is 1. The molecule has 0 saturated heterocycles. The summed E-state index contributed by atoms with van der Waals surface area (Å²) in [6, 6.07) is 1.77. The van der Waals surface area contributed by atoms with Gasteiger partial charge in [0.15, 0.2) is 0 Å². The van der Waals surface area contributed by atoms with Gasteiger partial charge < -0.3 is 9.32 Å². The molecule has 1 atom stereocenters. The number of carbonyl (C=O) groups is 1. The van der Waals surface area contributed by atoms with Crippen LogP contribution in [0.15, 0.2) is 15.6 Å². The summed E-state index contributed by atoms with van der Waals surface area (Å²) in [5.41, 5.74) is 3.49. The molecule has 1 amide bonds. The Labute approximate surface area is 86.7 Å². The van der Waals surface area contributed by atoms with Crippen LogP contribution in [0.4, 0.5) is 5.69 Å². The molecule has 5 nitrogen and oxygen atoms in total. The third-order valence-electron chi connectivity index (χ3n) is 2.84. The molecular formula is C10H11N3O2. The zero-order valence-electron chi connectivity index (χ0n) is 8.57. The summed E-state index contributed by atoms with van der Waals surface area (Å²) < 4.78 is 5.54. The van der Waals surface area contributed by atoms with Gasteiger partial charge in [0.2, 0.25) is 0 Å². The lowest BCUT2D eigenvalue weighted by Crippen LogP contribution is -2.51. The summed E-state index contributed by atoms with van der Waals surface area (Å²) in [5.74, 6) is 2.49. The number of hydrogen-bond donors (Lipinski definition) is 1. The van der Waals surface area contributed by atoms with Gasteiger partial charge in [-0.15, -0.1) is 0 Å². The third-order valence-corrected chi connectivity index (χ3v) is 2.84. The average Bonchev–Trinajstić information content (AvgIpc) is 2.67. The maximum atomic E-state index is 11.6. The summed E-state index contributed by atoms with van der Waals surface area (Å²) in [6.07, 6.45) is 0.627. The van der Waals surface area contributed by atoms with Crippen molar-refractivity contribution in [1.29, 1.82) is 0 Å². The molecular weight excluding hydrogens is 194 g/mol. The molecule has 3 heterocycles. The van der Waals surface area contributed by atoms with Gasteiger partial charge in [-0.1, -0.05) is 0 Å². The minimum absolute atomic E-state index is 0.0651. The Morgan fingerprint density at radius 3 is 3.20 bits per heavy atom. The van der Waals surface area contributed by atoms with E-state index in [-0.39, 0.29) is 11.9 Å². The van der Waals surface area contributed by atoms with E-state index in [0.717, 1.165) is 23.0 Å². The zero-order valence-corrected chi connectivity index (χ0v) is 8.57. The molecule has 3 rings (SSSR count). The Morgan fingerprint density at radius 2 is 2.40 bits per heavy atom. The molecule has 2 aliphatic rings. The van der Waals surface area contributed by atoms with E-state index in [4.69, 9.17) is 4.42 Å². The minimum Gasteiger partial charge on any atom is -0.464 e. The van der Waals surface area contributed by atoms with E-state index in [0.29, 0.717) is 6.42 Å². The quantitative estimate of drug-likeness (QED) is 0.681. The van der Waals surface area contributed by atoms with Crippen LogP contribution in [-0.4, -0.2) is 17.8 Å². The number of amides is 1. The number of hydrogen-bond acceptors (Lipinski definition) is 4. The Hall–Kier alpha value is -1.78. The van der Waals surface area contributed by atoms with Gasteiger partial charge in [-0.25, -0.2) is 5.43 Å². The van der Waals surface area contributed by atoms with Crippen LogP contribution in [-0.2, 0) is 11.2 Å². The number of anilines is 1. The lowest BCUT2D eigenvalue weighted by atomic mass is 10.2. The summed E-state index contributed by atoms with van der Waals surface area (Å²) in [6.45, 7) is 3.79. The molecule has 0 fully saturated rings. The van der Waals surface area contributed by atoms with Crippen LogP contribution in [0.25, 0.3) is 0 Å². The highest BCUT2D eigenvalue weighted by Crippen LogP contribution is 2.36. The van der Waals surface area contributed by atoms with Crippen molar-refractivity contribution in [1.82, 2.24) is 5.43 Å². The Kier molecular flexibility index (Phi) is 1.49. The molecule has 1 unspecified atom stereocenters. The Bertz CT molecular complexity index is 475. The molecule has 1 aromatic heterocycles. The standard InChI is InChI=1S/C10H11N3O2/c1-5-3-7-9(15-5)4-8-10(14)12-11-6(2)13(7)8/h3,8H,4H2,1-2H3,(H,12,14). The van der Waals surface area contributed by atoms with Gasteiger partial charge in [0, 0.05) is 12.5 Å². The highest BCUT2D eigenvalue weighted by molar-refractivity contribution is 6.07. The first-order valence-corrected chi connectivity index (χ1v) is 4.89. The predicted octanol–water partition coefficient (Wildman–Crippen LogP) is 0.782. The molecule has 2 aliphatic heterocycles. The summed E-state index contributed by atoms with van der Waals surface area (Å²) >= 11 is 0. The lowest BCUT2D eigenvalue weighted by molar-refractivity contribution is -0.122. The minimum atomic E-state index is -0.183. The fourth-order valence-electron chi connectivity index (χ4n) is 2.21. The summed E-state index contributed by atoms with van der Waals surface area (Å²) in [7, 11) is 0. The topological polar surface area (TPSA) is 57.8 Å². The summed E-state index contributed by atoms with van der Waals surface area (Å²) in [4.78, 5) is 13.5. The largest absolute Gasteiger partial charge is 0.464 e. The van der Waals surface area contributed by atoms with E-state index in [1.807, 2.05) is 24.8 Å². The van der Waals surface area contributed by atoms with E-state index < -0.39 is 0 Å². The molecule has 0 saturated carbocycles. The monoisotopic (exact) mass is 205 g/mol. The molecule has 0 radical (unpaired) electrons. The zero-order chi connectivity index (χ0) is 10.6. The number of fused-ring (bicyclic) bond motifs is 3. The first-order chi connectivity index (χ1) is 7.16. The van der Waals surface area contributed by atoms with Crippen molar-refractivity contribution in [3.63, 3.8) is 0 Å². The highest BCUT2D eigenvalue weighted by atomic mass is 16.3. The van der Waals surface area contributed by atoms with Gasteiger partial charge in [0.05, 0.1) is 5.69 Å². The predicted molar refractivity (Wildman–Crippen MR) is 54.7 cm³/mol. The number of rotatable bonds is 0. The average molecular weight is 205 g/mol.